The van der Waals surface area contributed by atoms with Crippen LogP contribution in [-0.4, -0.2) is 55.7 Å². The zero-order chi connectivity index (χ0) is 23.5. The van der Waals surface area contributed by atoms with E-state index in [2.05, 4.69) is 20.8 Å². The van der Waals surface area contributed by atoms with Crippen molar-refractivity contribution in [1.82, 2.24) is 9.21 Å². The fourth-order valence-corrected chi connectivity index (χ4v) is 4.91. The molecule has 0 N–H and O–H groups in total. The van der Waals surface area contributed by atoms with Gasteiger partial charge in [-0.15, -0.1) is 0 Å². The maximum Gasteiger partial charge on any atom is 0.338 e. The second-order valence-corrected chi connectivity index (χ2v) is 10.9. The maximum absolute atomic E-state index is 12.9. The number of carbonyl (C=O) groups is 2. The molecule has 1 aliphatic heterocycles. The van der Waals surface area contributed by atoms with E-state index in [0.29, 0.717) is 13.1 Å². The monoisotopic (exact) mass is 458 g/mol. The Bertz CT molecular complexity index is 1060. The van der Waals surface area contributed by atoms with Gasteiger partial charge in [0.05, 0.1) is 10.5 Å². The molecule has 7 nitrogen and oxygen atoms in total. The van der Waals surface area contributed by atoms with Crippen LogP contribution >= 0.6 is 0 Å². The molecular weight excluding hydrogens is 428 g/mol. The predicted octanol–water partition coefficient (Wildman–Crippen LogP) is 3.19. The van der Waals surface area contributed by atoms with E-state index in [-0.39, 0.29) is 41.5 Å². The van der Waals surface area contributed by atoms with Gasteiger partial charge in [-0.25, -0.2) is 13.2 Å². The number of ether oxygens (including phenoxy) is 1. The summed E-state index contributed by atoms with van der Waals surface area (Å²) in [4.78, 5) is 25.6. The molecule has 1 heterocycles. The molecule has 1 fully saturated rings. The van der Waals surface area contributed by atoms with E-state index in [1.54, 1.807) is 4.90 Å². The zero-order valence-corrected chi connectivity index (χ0v) is 19.8. The van der Waals surface area contributed by atoms with Crippen molar-refractivity contribution >= 4 is 21.9 Å². The van der Waals surface area contributed by atoms with Gasteiger partial charge in [0.15, 0.2) is 0 Å². The quantitative estimate of drug-likeness (QED) is 0.643. The van der Waals surface area contributed by atoms with Crippen molar-refractivity contribution in [2.75, 3.05) is 26.2 Å². The SMILES string of the molecule is CC(=O)N1CCN(S(=O)(=O)c2ccc(C(=O)OCc3ccc(C(C)(C)C)cc3)cc2)CC1. The van der Waals surface area contributed by atoms with Crippen LogP contribution in [0.15, 0.2) is 53.4 Å². The van der Waals surface area contributed by atoms with Crippen LogP contribution < -0.4 is 0 Å². The molecule has 0 spiro atoms. The molecule has 0 bridgehead atoms. The third-order valence-electron chi connectivity index (χ3n) is 5.60. The number of esters is 1. The fraction of sp³-hybridized carbons (Fsp3) is 0.417. The molecule has 0 atom stereocenters. The Labute approximate surface area is 190 Å². The van der Waals surface area contributed by atoms with Gasteiger partial charge in [0.25, 0.3) is 0 Å². The highest BCUT2D eigenvalue weighted by Gasteiger charge is 2.29. The minimum absolute atomic E-state index is 0.0539. The van der Waals surface area contributed by atoms with Crippen LogP contribution in [0.1, 0.15) is 49.2 Å². The summed E-state index contributed by atoms with van der Waals surface area (Å²) in [5, 5.41) is 0. The van der Waals surface area contributed by atoms with E-state index in [4.69, 9.17) is 4.74 Å². The number of rotatable bonds is 5. The molecule has 0 aliphatic carbocycles. The van der Waals surface area contributed by atoms with Gasteiger partial charge in [0.1, 0.15) is 6.61 Å². The molecule has 1 saturated heterocycles. The summed E-state index contributed by atoms with van der Waals surface area (Å²) in [5.74, 6) is -0.570. The summed E-state index contributed by atoms with van der Waals surface area (Å²) < 4.78 is 32.5. The van der Waals surface area contributed by atoms with Gasteiger partial charge in [0, 0.05) is 33.1 Å². The summed E-state index contributed by atoms with van der Waals surface area (Å²) in [6.45, 7) is 9.27. The lowest BCUT2D eigenvalue weighted by Gasteiger charge is -2.33. The summed E-state index contributed by atoms with van der Waals surface area (Å²) in [5.41, 5.74) is 2.43. The number of nitrogens with zero attached hydrogens (tertiary/aromatic N) is 2. The van der Waals surface area contributed by atoms with Crippen LogP contribution in [0.3, 0.4) is 0 Å². The molecule has 0 aromatic heterocycles. The highest BCUT2D eigenvalue weighted by Crippen LogP contribution is 2.23. The van der Waals surface area contributed by atoms with Crippen molar-refractivity contribution in [2.45, 2.75) is 44.6 Å². The normalized spacial score (nSPS) is 15.4. The molecule has 2 aromatic rings. The Morgan fingerprint density at radius 2 is 1.47 bits per heavy atom. The van der Waals surface area contributed by atoms with E-state index in [0.717, 1.165) is 5.56 Å². The number of sulfonamides is 1. The first-order chi connectivity index (χ1) is 15.0. The number of benzene rings is 2. The lowest BCUT2D eigenvalue weighted by atomic mass is 9.87. The highest BCUT2D eigenvalue weighted by molar-refractivity contribution is 7.89. The number of carbonyl (C=O) groups excluding carboxylic acids is 2. The molecule has 0 saturated carbocycles. The van der Waals surface area contributed by atoms with Crippen LogP contribution in [0, 0.1) is 0 Å². The number of amides is 1. The van der Waals surface area contributed by atoms with Gasteiger partial charge in [0.2, 0.25) is 15.9 Å². The third-order valence-corrected chi connectivity index (χ3v) is 7.51. The van der Waals surface area contributed by atoms with Crippen molar-refractivity contribution in [3.63, 3.8) is 0 Å². The van der Waals surface area contributed by atoms with Crippen LogP contribution in [0.4, 0.5) is 0 Å². The molecule has 3 rings (SSSR count). The number of piperazine rings is 1. The van der Waals surface area contributed by atoms with E-state index >= 15 is 0 Å². The second-order valence-electron chi connectivity index (χ2n) is 8.96. The first kappa shape index (κ1) is 23.9. The smallest absolute Gasteiger partial charge is 0.338 e. The van der Waals surface area contributed by atoms with E-state index in [1.807, 2.05) is 24.3 Å². The van der Waals surface area contributed by atoms with Gasteiger partial charge < -0.3 is 9.64 Å². The molecule has 172 valence electrons. The Balaban J connectivity index is 1.60. The fourth-order valence-electron chi connectivity index (χ4n) is 3.49. The Hall–Kier alpha value is -2.71. The molecule has 8 heteroatoms. The average molecular weight is 459 g/mol. The third kappa shape index (κ3) is 5.55. The summed E-state index contributed by atoms with van der Waals surface area (Å²) in [6, 6.07) is 13.7. The van der Waals surface area contributed by atoms with Gasteiger partial charge in [-0.2, -0.15) is 4.31 Å². The van der Waals surface area contributed by atoms with Gasteiger partial charge >= 0.3 is 5.97 Å². The molecule has 2 aromatic carbocycles. The molecule has 1 aliphatic rings. The van der Waals surface area contributed by atoms with Gasteiger partial charge in [-0.1, -0.05) is 45.0 Å². The highest BCUT2D eigenvalue weighted by atomic mass is 32.2. The Kier molecular flexibility index (Phi) is 7.05. The van der Waals surface area contributed by atoms with Gasteiger partial charge in [-0.3, -0.25) is 4.79 Å². The molecule has 32 heavy (non-hydrogen) atoms. The van der Waals surface area contributed by atoms with Crippen molar-refractivity contribution in [1.29, 1.82) is 0 Å². The standard InChI is InChI=1S/C24H30N2O5S/c1-18(27)25-13-15-26(16-14-25)32(29,30)22-11-7-20(8-12-22)23(28)31-17-19-5-9-21(10-6-19)24(2,3)4/h5-12H,13-17H2,1-4H3. The van der Waals surface area contributed by atoms with E-state index in [9.17, 15) is 18.0 Å². The van der Waals surface area contributed by atoms with Crippen LogP contribution in [-0.2, 0) is 31.6 Å². The van der Waals surface area contributed by atoms with E-state index < -0.39 is 16.0 Å². The first-order valence-corrected chi connectivity index (χ1v) is 12.0. The van der Waals surface area contributed by atoms with E-state index in [1.165, 1.54) is 41.1 Å². The van der Waals surface area contributed by atoms with Crippen LogP contribution in [0.25, 0.3) is 0 Å². The second kappa shape index (κ2) is 9.42. The number of hydrogen-bond acceptors (Lipinski definition) is 5. The maximum atomic E-state index is 12.9. The average Bonchev–Trinajstić information content (AvgIpc) is 2.77. The summed E-state index contributed by atoms with van der Waals surface area (Å²) in [7, 11) is -3.68. The Morgan fingerprint density at radius 1 is 0.906 bits per heavy atom. The molecule has 0 radical (unpaired) electrons. The van der Waals surface area contributed by atoms with Crippen molar-refractivity contribution in [3.8, 4) is 0 Å². The summed E-state index contributed by atoms with van der Waals surface area (Å²) >= 11 is 0. The zero-order valence-electron chi connectivity index (χ0n) is 19.0. The predicted molar refractivity (Wildman–Crippen MR) is 122 cm³/mol. The van der Waals surface area contributed by atoms with Crippen molar-refractivity contribution < 1.29 is 22.7 Å². The lowest BCUT2D eigenvalue weighted by molar-refractivity contribution is -0.129. The summed E-state index contributed by atoms with van der Waals surface area (Å²) in [6.07, 6.45) is 0. The van der Waals surface area contributed by atoms with Crippen LogP contribution in [0.2, 0.25) is 0 Å². The Morgan fingerprint density at radius 3 is 1.97 bits per heavy atom. The van der Waals surface area contributed by atoms with Crippen LogP contribution in [0.5, 0.6) is 0 Å². The lowest BCUT2D eigenvalue weighted by Crippen LogP contribution is -2.49. The first-order valence-electron chi connectivity index (χ1n) is 10.6. The number of hydrogen-bond donors (Lipinski definition) is 0. The van der Waals surface area contributed by atoms with Gasteiger partial charge in [-0.05, 0) is 40.8 Å². The topological polar surface area (TPSA) is 84.0 Å². The van der Waals surface area contributed by atoms with Crippen molar-refractivity contribution in [3.05, 3.63) is 65.2 Å². The minimum atomic E-state index is -3.68. The minimum Gasteiger partial charge on any atom is -0.457 e. The molecule has 1 amide bonds. The largest absolute Gasteiger partial charge is 0.457 e. The molecular formula is C24H30N2O5S. The van der Waals surface area contributed by atoms with Crippen molar-refractivity contribution in [2.24, 2.45) is 0 Å². The molecule has 0 unspecified atom stereocenters.